The molecule has 0 saturated heterocycles. The van der Waals surface area contributed by atoms with Crippen LogP contribution in [0.5, 0.6) is 0 Å². The van der Waals surface area contributed by atoms with Crippen LogP contribution in [0.1, 0.15) is 0 Å². The number of nitro benzene ring substituents is 1. The van der Waals surface area contributed by atoms with Crippen molar-refractivity contribution >= 4 is 11.4 Å². The molecule has 0 radical (unpaired) electrons. The summed E-state index contributed by atoms with van der Waals surface area (Å²) in [6.07, 6.45) is 1.04. The minimum atomic E-state index is -0.787. The highest BCUT2D eigenvalue weighted by atomic mass is 19.1. The van der Waals surface area contributed by atoms with Crippen LogP contribution in [0.25, 0.3) is 0 Å². The topological polar surface area (TPSA) is 103 Å². The highest BCUT2D eigenvalue weighted by molar-refractivity contribution is 5.54. The number of anilines is 1. The van der Waals surface area contributed by atoms with Crippen LogP contribution >= 0.6 is 0 Å². The fourth-order valence-electron chi connectivity index (χ4n) is 1.01. The van der Waals surface area contributed by atoms with Gasteiger partial charge in [-0.25, -0.2) is 4.39 Å². The van der Waals surface area contributed by atoms with E-state index in [-0.39, 0.29) is 11.3 Å². The first-order valence-electron chi connectivity index (χ1n) is 4.28. The number of allylic oxidation sites excluding steroid dienone is 1. The molecular weight excluding hydrogens is 227 g/mol. The van der Waals surface area contributed by atoms with Crippen LogP contribution in [0.3, 0.4) is 0 Å². The lowest BCUT2D eigenvalue weighted by atomic mass is 10.2. The Hall–Kier alpha value is -2.93. The monoisotopic (exact) mass is 232 g/mol. The molecule has 0 atom stereocenters. The Kier molecular flexibility index (Phi) is 3.74. The molecule has 0 spiro atoms. The van der Waals surface area contributed by atoms with Crippen molar-refractivity contribution in [1.29, 1.82) is 10.5 Å². The number of halogens is 1. The van der Waals surface area contributed by atoms with Crippen molar-refractivity contribution in [3.05, 3.63) is 45.9 Å². The maximum Gasteiger partial charge on any atom is 0.274 e. The number of rotatable bonds is 3. The number of benzene rings is 1. The zero-order valence-corrected chi connectivity index (χ0v) is 8.35. The molecule has 17 heavy (non-hydrogen) atoms. The van der Waals surface area contributed by atoms with E-state index >= 15 is 0 Å². The Morgan fingerprint density at radius 3 is 2.59 bits per heavy atom. The number of nitrogens with one attached hydrogen (secondary N) is 1. The molecule has 84 valence electrons. The molecule has 1 N–H and O–H groups in total. The van der Waals surface area contributed by atoms with E-state index in [0.717, 1.165) is 24.4 Å². The first kappa shape index (κ1) is 12.1. The molecule has 0 saturated carbocycles. The average Bonchev–Trinajstić information content (AvgIpc) is 2.29. The van der Waals surface area contributed by atoms with Gasteiger partial charge in [-0.1, -0.05) is 0 Å². The first-order chi connectivity index (χ1) is 8.06. The Bertz CT molecular complexity index is 553. The Balaban J connectivity index is 3.02. The van der Waals surface area contributed by atoms with Crippen molar-refractivity contribution < 1.29 is 9.31 Å². The second kappa shape index (κ2) is 5.24. The Labute approximate surface area is 95.4 Å². The Morgan fingerprint density at radius 2 is 2.06 bits per heavy atom. The molecule has 0 aliphatic rings. The van der Waals surface area contributed by atoms with Gasteiger partial charge in [0.1, 0.15) is 23.5 Å². The lowest BCUT2D eigenvalue weighted by Crippen LogP contribution is -1.94. The van der Waals surface area contributed by atoms with Gasteiger partial charge in [-0.2, -0.15) is 10.5 Å². The second-order valence-corrected chi connectivity index (χ2v) is 2.88. The summed E-state index contributed by atoms with van der Waals surface area (Å²) in [7, 11) is 0. The first-order valence-corrected chi connectivity index (χ1v) is 4.28. The van der Waals surface area contributed by atoms with Crippen molar-refractivity contribution in [3.8, 4) is 12.1 Å². The smallest absolute Gasteiger partial charge is 0.274 e. The minimum absolute atomic E-state index is 0.0831. The molecule has 0 aliphatic heterocycles. The maximum absolute atomic E-state index is 13.0. The largest absolute Gasteiger partial charge is 0.360 e. The quantitative estimate of drug-likeness (QED) is 0.488. The molecule has 0 heterocycles. The molecule has 0 bridgehead atoms. The minimum Gasteiger partial charge on any atom is -0.360 e. The van der Waals surface area contributed by atoms with Crippen LogP contribution < -0.4 is 5.32 Å². The number of nitrogens with zero attached hydrogens (tertiary/aromatic N) is 3. The van der Waals surface area contributed by atoms with Gasteiger partial charge in [0.2, 0.25) is 0 Å². The van der Waals surface area contributed by atoms with E-state index in [1.165, 1.54) is 0 Å². The van der Waals surface area contributed by atoms with E-state index in [1.807, 2.05) is 0 Å². The van der Waals surface area contributed by atoms with Gasteiger partial charge < -0.3 is 5.32 Å². The predicted molar refractivity (Wildman–Crippen MR) is 56.0 cm³/mol. The molecule has 1 rings (SSSR count). The molecule has 6 nitrogen and oxygen atoms in total. The van der Waals surface area contributed by atoms with E-state index < -0.39 is 16.4 Å². The zero-order chi connectivity index (χ0) is 12.8. The molecule has 1 aromatic carbocycles. The summed E-state index contributed by atoms with van der Waals surface area (Å²) in [5.74, 6) is -0.787. The number of hydrogen-bond donors (Lipinski definition) is 1. The van der Waals surface area contributed by atoms with Crippen LogP contribution in [-0.2, 0) is 0 Å². The van der Waals surface area contributed by atoms with Crippen LogP contribution in [0.4, 0.5) is 15.8 Å². The van der Waals surface area contributed by atoms with Crippen molar-refractivity contribution in [3.63, 3.8) is 0 Å². The summed E-state index contributed by atoms with van der Waals surface area (Å²) in [6, 6.07) is 6.03. The van der Waals surface area contributed by atoms with Gasteiger partial charge in [-0.3, -0.25) is 10.1 Å². The van der Waals surface area contributed by atoms with Gasteiger partial charge in [-0.05, 0) is 6.07 Å². The number of hydrogen-bond acceptors (Lipinski definition) is 5. The van der Waals surface area contributed by atoms with Crippen LogP contribution in [0.2, 0.25) is 0 Å². The van der Waals surface area contributed by atoms with Gasteiger partial charge in [0.25, 0.3) is 5.69 Å². The Morgan fingerprint density at radius 1 is 1.41 bits per heavy atom. The highest BCUT2D eigenvalue weighted by Gasteiger charge is 2.09. The lowest BCUT2D eigenvalue weighted by molar-refractivity contribution is -0.385. The van der Waals surface area contributed by atoms with E-state index in [1.54, 1.807) is 12.1 Å². The van der Waals surface area contributed by atoms with Crippen molar-refractivity contribution in [2.24, 2.45) is 0 Å². The number of nitro groups is 1. The van der Waals surface area contributed by atoms with Gasteiger partial charge >= 0.3 is 0 Å². The highest BCUT2D eigenvalue weighted by Crippen LogP contribution is 2.20. The summed E-state index contributed by atoms with van der Waals surface area (Å²) in [5.41, 5.74) is -0.562. The van der Waals surface area contributed by atoms with Gasteiger partial charge in [0.05, 0.1) is 11.0 Å². The SMILES string of the molecule is N#CC(C#N)=CNc1cc(F)cc([N+](=O)[O-])c1. The van der Waals surface area contributed by atoms with Gasteiger partial charge in [-0.15, -0.1) is 0 Å². The normalized spacial score (nSPS) is 8.65. The summed E-state index contributed by atoms with van der Waals surface area (Å²) < 4.78 is 13.0. The number of non-ortho nitro benzene ring substituents is 1. The molecule has 1 aromatic rings. The summed E-state index contributed by atoms with van der Waals surface area (Å²) >= 11 is 0. The summed E-state index contributed by atoms with van der Waals surface area (Å²) in [5, 5.41) is 29.8. The average molecular weight is 232 g/mol. The maximum atomic E-state index is 13.0. The third-order valence-corrected chi connectivity index (χ3v) is 1.72. The lowest BCUT2D eigenvalue weighted by Gasteiger charge is -2.00. The van der Waals surface area contributed by atoms with E-state index in [9.17, 15) is 14.5 Å². The van der Waals surface area contributed by atoms with Gasteiger partial charge in [0.15, 0.2) is 0 Å². The van der Waals surface area contributed by atoms with Crippen molar-refractivity contribution in [1.82, 2.24) is 0 Å². The molecule has 0 unspecified atom stereocenters. The van der Waals surface area contributed by atoms with Crippen LogP contribution in [0.15, 0.2) is 30.0 Å². The molecular formula is C10H5FN4O2. The van der Waals surface area contributed by atoms with Crippen molar-refractivity contribution in [2.45, 2.75) is 0 Å². The fraction of sp³-hybridized carbons (Fsp3) is 0. The van der Waals surface area contributed by atoms with Crippen LogP contribution in [-0.4, -0.2) is 4.92 Å². The zero-order valence-electron chi connectivity index (χ0n) is 8.35. The standard InChI is InChI=1S/C10H5FN4O2/c11-8-1-9(3-10(2-8)15(16)17)14-6-7(4-12)5-13/h1-3,6,14H. The molecule has 0 aromatic heterocycles. The molecule has 0 amide bonds. The third-order valence-electron chi connectivity index (χ3n) is 1.72. The second-order valence-electron chi connectivity index (χ2n) is 2.88. The van der Waals surface area contributed by atoms with Crippen LogP contribution in [0, 0.1) is 38.6 Å². The summed E-state index contributed by atoms with van der Waals surface area (Å²) in [6.45, 7) is 0. The van der Waals surface area contributed by atoms with Gasteiger partial charge in [0, 0.05) is 18.0 Å². The molecule has 0 aliphatic carbocycles. The third kappa shape index (κ3) is 3.29. The fourth-order valence-corrected chi connectivity index (χ4v) is 1.01. The number of nitriles is 2. The molecule has 7 heteroatoms. The van der Waals surface area contributed by atoms with E-state index in [2.05, 4.69) is 5.32 Å². The van der Waals surface area contributed by atoms with E-state index in [0.29, 0.717) is 0 Å². The van der Waals surface area contributed by atoms with Crippen molar-refractivity contribution in [2.75, 3.05) is 5.32 Å². The van der Waals surface area contributed by atoms with E-state index in [4.69, 9.17) is 10.5 Å². The molecule has 0 fully saturated rings. The summed E-state index contributed by atoms with van der Waals surface area (Å²) in [4.78, 5) is 9.70. The predicted octanol–water partition coefficient (Wildman–Crippen LogP) is 2.08.